The van der Waals surface area contributed by atoms with Crippen LogP contribution in [0.2, 0.25) is 5.02 Å². The molecule has 0 amide bonds. The van der Waals surface area contributed by atoms with Gasteiger partial charge in [0.25, 0.3) is 0 Å². The number of hydrogen-bond donors (Lipinski definition) is 0. The molecule has 2 rings (SSSR count). The van der Waals surface area contributed by atoms with Crippen LogP contribution < -0.4 is 0 Å². The van der Waals surface area contributed by atoms with E-state index >= 15 is 0 Å². The molecule has 0 aliphatic heterocycles. The SMILES string of the molecule is Cc1ccc(C)c(C(Br)c2ccc(Br)c(Cl)c2)c1. The molecule has 0 saturated heterocycles. The molecule has 0 N–H and O–H groups in total. The van der Waals surface area contributed by atoms with Crippen LogP contribution in [0.15, 0.2) is 40.9 Å². The molecular weight excluding hydrogens is 375 g/mol. The smallest absolute Gasteiger partial charge is 0.0647 e. The lowest BCUT2D eigenvalue weighted by Crippen LogP contribution is -1.96. The number of halogens is 3. The van der Waals surface area contributed by atoms with Gasteiger partial charge in [0, 0.05) is 4.47 Å². The van der Waals surface area contributed by atoms with Crippen LogP contribution in [0.5, 0.6) is 0 Å². The molecule has 0 fully saturated rings. The van der Waals surface area contributed by atoms with Gasteiger partial charge in [0.05, 0.1) is 9.85 Å². The number of alkyl halides is 1. The van der Waals surface area contributed by atoms with Gasteiger partial charge in [-0.15, -0.1) is 0 Å². The first-order chi connectivity index (χ1) is 8.49. The Morgan fingerprint density at radius 3 is 2.44 bits per heavy atom. The Morgan fingerprint density at radius 1 is 1.06 bits per heavy atom. The van der Waals surface area contributed by atoms with Crippen molar-refractivity contribution >= 4 is 43.5 Å². The van der Waals surface area contributed by atoms with E-state index in [4.69, 9.17) is 11.6 Å². The Hall–Kier alpha value is -0.310. The van der Waals surface area contributed by atoms with Gasteiger partial charge in [-0.3, -0.25) is 0 Å². The average molecular weight is 389 g/mol. The van der Waals surface area contributed by atoms with E-state index in [1.165, 1.54) is 16.7 Å². The zero-order chi connectivity index (χ0) is 13.3. The molecule has 2 aromatic rings. The highest BCUT2D eigenvalue weighted by molar-refractivity contribution is 9.10. The van der Waals surface area contributed by atoms with Gasteiger partial charge in [-0.1, -0.05) is 57.4 Å². The summed E-state index contributed by atoms with van der Waals surface area (Å²) in [5, 5.41) is 0.738. The second-order valence-electron chi connectivity index (χ2n) is 4.40. The van der Waals surface area contributed by atoms with Crippen molar-refractivity contribution in [2.24, 2.45) is 0 Å². The molecular formula is C15H13Br2Cl. The molecule has 0 saturated carbocycles. The summed E-state index contributed by atoms with van der Waals surface area (Å²) in [5.74, 6) is 0. The molecule has 94 valence electrons. The Labute approximate surface area is 130 Å². The lowest BCUT2D eigenvalue weighted by atomic mass is 9.98. The molecule has 0 aliphatic rings. The van der Waals surface area contributed by atoms with E-state index in [1.807, 2.05) is 12.1 Å². The molecule has 0 bridgehead atoms. The van der Waals surface area contributed by atoms with E-state index in [2.05, 4.69) is 70.0 Å². The van der Waals surface area contributed by atoms with Crippen LogP contribution >= 0.6 is 43.5 Å². The van der Waals surface area contributed by atoms with Crippen LogP contribution in [-0.2, 0) is 0 Å². The molecule has 18 heavy (non-hydrogen) atoms. The van der Waals surface area contributed by atoms with Crippen molar-refractivity contribution in [1.82, 2.24) is 0 Å². The Morgan fingerprint density at radius 2 is 1.78 bits per heavy atom. The van der Waals surface area contributed by atoms with Crippen molar-refractivity contribution in [3.8, 4) is 0 Å². The van der Waals surface area contributed by atoms with E-state index in [0.717, 1.165) is 15.1 Å². The van der Waals surface area contributed by atoms with E-state index in [9.17, 15) is 0 Å². The minimum atomic E-state index is 0.169. The summed E-state index contributed by atoms with van der Waals surface area (Å²) in [6, 6.07) is 12.6. The van der Waals surface area contributed by atoms with E-state index < -0.39 is 0 Å². The first-order valence-electron chi connectivity index (χ1n) is 5.65. The molecule has 0 aromatic heterocycles. The summed E-state index contributed by atoms with van der Waals surface area (Å²) in [5.41, 5.74) is 5.00. The first-order valence-corrected chi connectivity index (χ1v) is 7.74. The fourth-order valence-electron chi connectivity index (χ4n) is 1.88. The topological polar surface area (TPSA) is 0 Å². The second kappa shape index (κ2) is 5.77. The standard InChI is InChI=1S/C15H13Br2Cl/c1-9-3-4-10(2)12(7-9)15(17)11-5-6-13(16)14(18)8-11/h3-8,15H,1-2H3. The van der Waals surface area contributed by atoms with Crippen molar-refractivity contribution < 1.29 is 0 Å². The number of hydrogen-bond acceptors (Lipinski definition) is 0. The van der Waals surface area contributed by atoms with Crippen molar-refractivity contribution in [3.63, 3.8) is 0 Å². The predicted octanol–water partition coefficient (Wildman–Crippen LogP) is 6.20. The van der Waals surface area contributed by atoms with Crippen molar-refractivity contribution in [2.45, 2.75) is 18.7 Å². The molecule has 1 unspecified atom stereocenters. The van der Waals surface area contributed by atoms with Crippen molar-refractivity contribution in [1.29, 1.82) is 0 Å². The van der Waals surface area contributed by atoms with Crippen LogP contribution in [0.3, 0.4) is 0 Å². The maximum Gasteiger partial charge on any atom is 0.0647 e. The molecule has 2 aromatic carbocycles. The number of benzene rings is 2. The van der Waals surface area contributed by atoms with Gasteiger partial charge in [0.15, 0.2) is 0 Å². The van der Waals surface area contributed by atoms with E-state index in [-0.39, 0.29) is 4.83 Å². The van der Waals surface area contributed by atoms with Gasteiger partial charge < -0.3 is 0 Å². The first kappa shape index (κ1) is 14.1. The third-order valence-corrected chi connectivity index (χ3v) is 5.20. The molecule has 3 heteroatoms. The number of aryl methyl sites for hydroxylation is 2. The van der Waals surface area contributed by atoms with Gasteiger partial charge >= 0.3 is 0 Å². The van der Waals surface area contributed by atoms with Crippen LogP contribution in [0, 0.1) is 13.8 Å². The van der Waals surface area contributed by atoms with E-state index in [1.54, 1.807) is 0 Å². The predicted molar refractivity (Wildman–Crippen MR) is 85.8 cm³/mol. The molecule has 0 heterocycles. The monoisotopic (exact) mass is 386 g/mol. The minimum Gasteiger partial charge on any atom is -0.0831 e. The molecule has 1 atom stereocenters. The normalized spacial score (nSPS) is 12.5. The maximum atomic E-state index is 6.15. The quantitative estimate of drug-likeness (QED) is 0.537. The summed E-state index contributed by atoms with van der Waals surface area (Å²) < 4.78 is 0.925. The molecule has 0 radical (unpaired) electrons. The highest BCUT2D eigenvalue weighted by atomic mass is 79.9. The zero-order valence-corrected chi connectivity index (χ0v) is 14.1. The molecule has 0 nitrogen and oxygen atoms in total. The highest BCUT2D eigenvalue weighted by Crippen LogP contribution is 2.36. The van der Waals surface area contributed by atoms with Gasteiger partial charge in [-0.25, -0.2) is 0 Å². The van der Waals surface area contributed by atoms with Crippen LogP contribution in [0.1, 0.15) is 27.1 Å². The van der Waals surface area contributed by atoms with Crippen LogP contribution in [-0.4, -0.2) is 0 Å². The van der Waals surface area contributed by atoms with Gasteiger partial charge in [-0.05, 0) is 58.6 Å². The molecule has 0 spiro atoms. The lowest BCUT2D eigenvalue weighted by Gasteiger charge is -2.15. The van der Waals surface area contributed by atoms with Gasteiger partial charge in [0.2, 0.25) is 0 Å². The Bertz CT molecular complexity index is 579. The zero-order valence-electron chi connectivity index (χ0n) is 10.2. The maximum absolute atomic E-state index is 6.15. The van der Waals surface area contributed by atoms with Crippen molar-refractivity contribution in [2.75, 3.05) is 0 Å². The van der Waals surface area contributed by atoms with Crippen molar-refractivity contribution in [3.05, 3.63) is 68.1 Å². The summed E-state index contributed by atoms with van der Waals surface area (Å²) in [6.07, 6.45) is 0. The highest BCUT2D eigenvalue weighted by Gasteiger charge is 2.14. The van der Waals surface area contributed by atoms with Gasteiger partial charge in [-0.2, -0.15) is 0 Å². The van der Waals surface area contributed by atoms with E-state index in [0.29, 0.717) is 0 Å². The summed E-state index contributed by atoms with van der Waals surface area (Å²) in [4.78, 5) is 0.169. The third kappa shape index (κ3) is 2.98. The molecule has 0 aliphatic carbocycles. The third-order valence-electron chi connectivity index (χ3n) is 2.94. The largest absolute Gasteiger partial charge is 0.0831 e. The summed E-state index contributed by atoms with van der Waals surface area (Å²) in [7, 11) is 0. The lowest BCUT2D eigenvalue weighted by molar-refractivity contribution is 1.13. The minimum absolute atomic E-state index is 0.169. The summed E-state index contributed by atoms with van der Waals surface area (Å²) in [6.45, 7) is 4.24. The van der Waals surface area contributed by atoms with Gasteiger partial charge in [0.1, 0.15) is 0 Å². The van der Waals surface area contributed by atoms with Crippen LogP contribution in [0.25, 0.3) is 0 Å². The Balaban J connectivity index is 2.44. The Kier molecular flexibility index (Phi) is 4.52. The summed E-state index contributed by atoms with van der Waals surface area (Å²) >= 11 is 13.3. The fourth-order valence-corrected chi connectivity index (χ4v) is 3.10. The number of rotatable bonds is 2. The second-order valence-corrected chi connectivity index (χ2v) is 6.57. The average Bonchev–Trinajstić information content (AvgIpc) is 2.35. The van der Waals surface area contributed by atoms with Crippen LogP contribution in [0.4, 0.5) is 0 Å². The fraction of sp³-hybridized carbons (Fsp3) is 0.200.